The number of benzene rings is 1. The minimum atomic E-state index is -4.67. The van der Waals surface area contributed by atoms with Crippen molar-refractivity contribution in [3.63, 3.8) is 0 Å². The summed E-state index contributed by atoms with van der Waals surface area (Å²) in [7, 11) is -4.67. The highest BCUT2D eigenvalue weighted by Crippen LogP contribution is 2.49. The van der Waals surface area contributed by atoms with Crippen molar-refractivity contribution < 1.29 is 46.9 Å². The molecule has 13 nitrogen and oxygen atoms in total. The summed E-state index contributed by atoms with van der Waals surface area (Å²) < 4.78 is 64.2. The zero-order chi connectivity index (χ0) is 29.1. The van der Waals surface area contributed by atoms with E-state index in [2.05, 4.69) is 10.1 Å². The molecule has 1 aliphatic rings. The minimum absolute atomic E-state index is 0.0104. The average molecular weight is 597 g/mol. The van der Waals surface area contributed by atoms with Crippen LogP contribution in [0.25, 0.3) is 0 Å². The van der Waals surface area contributed by atoms with Gasteiger partial charge in [0.1, 0.15) is 29.8 Å². The van der Waals surface area contributed by atoms with Gasteiger partial charge in [0.2, 0.25) is 0 Å². The van der Waals surface area contributed by atoms with Crippen molar-refractivity contribution >= 4 is 31.1 Å². The third-order valence-corrected chi connectivity index (χ3v) is 7.44. The molecule has 6 unspecified atom stereocenters. The number of para-hydroxylation sites is 1. The fourth-order valence-electron chi connectivity index (χ4n) is 3.55. The van der Waals surface area contributed by atoms with Gasteiger partial charge in [-0.2, -0.15) is 10.1 Å². The molecule has 216 valence electrons. The summed E-state index contributed by atoms with van der Waals surface area (Å²) >= 11 is 5.87. The number of aliphatic hydroxyl groups is 2. The molecule has 0 amide bonds. The predicted molar refractivity (Wildman–Crippen MR) is 133 cm³/mol. The number of aromatic nitrogens is 2. The second kappa shape index (κ2) is 12.3. The van der Waals surface area contributed by atoms with Gasteiger partial charge < -0.3 is 29.9 Å². The van der Waals surface area contributed by atoms with E-state index in [4.69, 9.17) is 35.9 Å². The summed E-state index contributed by atoms with van der Waals surface area (Å²) in [6.07, 6.45) is -9.54. The second-order valence-electron chi connectivity index (χ2n) is 8.88. The predicted octanol–water partition coefficient (Wildman–Crippen LogP) is 1.87. The number of nitrogens with one attached hydrogen (secondary N) is 1. The number of halogens is 3. The fraction of sp³-hybridized carbons (Fsp3) is 0.500. The van der Waals surface area contributed by atoms with E-state index in [0.717, 1.165) is 6.20 Å². The molecule has 17 heteroatoms. The molecule has 1 aromatic carbocycles. The van der Waals surface area contributed by atoms with E-state index in [1.54, 1.807) is 19.9 Å². The van der Waals surface area contributed by atoms with Gasteiger partial charge in [-0.15, -0.1) is 0 Å². The lowest BCUT2D eigenvalue weighted by molar-refractivity contribution is -0.192. The van der Waals surface area contributed by atoms with E-state index in [9.17, 15) is 33.1 Å². The van der Waals surface area contributed by atoms with E-state index in [1.807, 2.05) is 0 Å². The van der Waals surface area contributed by atoms with Crippen molar-refractivity contribution in [2.45, 2.75) is 63.4 Å². The van der Waals surface area contributed by atoms with Gasteiger partial charge in [-0.1, -0.05) is 29.8 Å². The number of carbonyl (C=O) groups excluding carboxylic acids is 1. The van der Waals surface area contributed by atoms with Crippen LogP contribution in [-0.4, -0.2) is 68.7 Å². The molecule has 3 rings (SSSR count). The number of esters is 1. The Labute approximate surface area is 226 Å². The Morgan fingerprint density at radius 1 is 1.31 bits per heavy atom. The Balaban J connectivity index is 1.92. The molecule has 6 atom stereocenters. The van der Waals surface area contributed by atoms with Gasteiger partial charge in [0.25, 0.3) is 6.43 Å². The minimum Gasteiger partial charge on any atom is -0.462 e. The molecule has 1 aliphatic heterocycles. The first-order valence-corrected chi connectivity index (χ1v) is 13.4. The monoisotopic (exact) mass is 596 g/mol. The van der Waals surface area contributed by atoms with Crippen LogP contribution < -0.4 is 21.0 Å². The van der Waals surface area contributed by atoms with Crippen molar-refractivity contribution in [1.29, 1.82) is 0 Å². The lowest BCUT2D eigenvalue weighted by atomic mass is 9.96. The Morgan fingerprint density at radius 2 is 1.95 bits per heavy atom. The van der Waals surface area contributed by atoms with Crippen LogP contribution in [0.4, 0.5) is 14.6 Å². The van der Waals surface area contributed by atoms with Gasteiger partial charge in [-0.25, -0.2) is 18.1 Å². The summed E-state index contributed by atoms with van der Waals surface area (Å²) in [5, 5.41) is 23.2. The molecule has 39 heavy (non-hydrogen) atoms. The molecule has 0 saturated carbocycles. The van der Waals surface area contributed by atoms with Gasteiger partial charge in [-0.05, 0) is 32.9 Å². The summed E-state index contributed by atoms with van der Waals surface area (Å²) in [5.41, 5.74) is 1.33. The number of hydrogen-bond donors (Lipinski definition) is 4. The highest BCUT2D eigenvalue weighted by atomic mass is 35.5. The highest BCUT2D eigenvalue weighted by molar-refractivity contribution is 7.52. The number of carbonyl (C=O) groups is 1. The number of rotatable bonds is 11. The van der Waals surface area contributed by atoms with Crippen LogP contribution in [0.2, 0.25) is 5.02 Å². The molecule has 0 bridgehead atoms. The summed E-state index contributed by atoms with van der Waals surface area (Å²) in [6.45, 7) is 3.13. The van der Waals surface area contributed by atoms with Crippen LogP contribution in [0.5, 0.6) is 5.75 Å². The molecular formula is C22H28ClF2N4O9P. The van der Waals surface area contributed by atoms with Crippen LogP contribution in [0.15, 0.2) is 41.3 Å². The first-order chi connectivity index (χ1) is 18.2. The van der Waals surface area contributed by atoms with Crippen LogP contribution in [0, 0.1) is 0 Å². The van der Waals surface area contributed by atoms with E-state index < -0.39 is 68.6 Å². The second-order valence-corrected chi connectivity index (χ2v) is 11.0. The summed E-state index contributed by atoms with van der Waals surface area (Å²) in [5.74, 6) is -1.21. The van der Waals surface area contributed by atoms with Crippen molar-refractivity contribution in [3.05, 3.63) is 52.0 Å². The SMILES string of the molecule is CC(C)OC(=O)C(C)NP(=O)(OCC1(C(F)F)OC(n2cc(Cl)c(N)nc2=O)C(O)C1O)Oc1ccccc1. The number of nitrogens with zero attached hydrogens (tertiary/aromatic N) is 2. The van der Waals surface area contributed by atoms with E-state index in [1.165, 1.54) is 31.2 Å². The van der Waals surface area contributed by atoms with Gasteiger partial charge in [0.05, 0.1) is 17.7 Å². The maximum atomic E-state index is 14.4. The number of anilines is 1. The van der Waals surface area contributed by atoms with Crippen molar-refractivity contribution in [3.8, 4) is 5.75 Å². The van der Waals surface area contributed by atoms with Gasteiger partial charge in [0, 0.05) is 6.20 Å². The average Bonchev–Trinajstić information content (AvgIpc) is 3.11. The zero-order valence-electron chi connectivity index (χ0n) is 20.9. The molecular weight excluding hydrogens is 569 g/mol. The molecule has 0 spiro atoms. The third-order valence-electron chi connectivity index (χ3n) is 5.52. The fourth-order valence-corrected chi connectivity index (χ4v) is 5.23. The van der Waals surface area contributed by atoms with E-state index >= 15 is 0 Å². The Hall–Kier alpha value is -2.65. The lowest BCUT2D eigenvalue weighted by Crippen LogP contribution is -2.53. The number of alkyl halides is 2. The van der Waals surface area contributed by atoms with Crippen molar-refractivity contribution in [2.24, 2.45) is 0 Å². The van der Waals surface area contributed by atoms with Crippen LogP contribution in [0.1, 0.15) is 27.0 Å². The number of hydrogen-bond acceptors (Lipinski definition) is 11. The Bertz CT molecular complexity index is 1270. The summed E-state index contributed by atoms with van der Waals surface area (Å²) in [6, 6.07) is 6.19. The number of nitrogen functional groups attached to an aromatic ring is 1. The standard InChI is InChI=1S/C22H28ClF2N4O9P/c1-11(2)36-19(32)12(3)28-39(34,38-13-7-5-4-6-8-13)35-10-22(20(24)25)16(31)15(30)18(37-22)29-9-14(23)17(26)27-21(29)33/h4-9,11-12,15-16,18,20,30-31H,10H2,1-3H3,(H,28,34)(H2,26,27,33). The first kappa shape index (κ1) is 30.9. The molecule has 5 N–H and O–H groups in total. The van der Waals surface area contributed by atoms with Gasteiger partial charge in [0.15, 0.2) is 11.8 Å². The number of nitrogens with two attached hydrogens (primary N) is 1. The first-order valence-electron chi connectivity index (χ1n) is 11.5. The topological polar surface area (TPSA) is 184 Å². The zero-order valence-corrected chi connectivity index (χ0v) is 22.6. The highest BCUT2D eigenvalue weighted by Gasteiger charge is 2.61. The molecule has 0 radical (unpaired) electrons. The Morgan fingerprint density at radius 3 is 2.54 bits per heavy atom. The largest absolute Gasteiger partial charge is 0.462 e. The van der Waals surface area contributed by atoms with Crippen LogP contribution in [-0.2, 0) is 23.4 Å². The summed E-state index contributed by atoms with van der Waals surface area (Å²) in [4.78, 5) is 28.0. The number of ether oxygens (including phenoxy) is 2. The van der Waals surface area contributed by atoms with Gasteiger partial charge in [-0.3, -0.25) is 13.9 Å². The molecule has 2 heterocycles. The normalized spacial score (nSPS) is 25.4. The molecule has 2 aromatic rings. The third kappa shape index (κ3) is 6.92. The van der Waals surface area contributed by atoms with Crippen molar-refractivity contribution in [2.75, 3.05) is 12.3 Å². The van der Waals surface area contributed by atoms with Gasteiger partial charge >= 0.3 is 19.4 Å². The number of aliphatic hydroxyl groups excluding tert-OH is 2. The molecule has 1 fully saturated rings. The van der Waals surface area contributed by atoms with Crippen LogP contribution >= 0.6 is 19.3 Å². The van der Waals surface area contributed by atoms with Crippen LogP contribution in [0.3, 0.4) is 0 Å². The lowest BCUT2D eigenvalue weighted by Gasteiger charge is -2.32. The van der Waals surface area contributed by atoms with Crippen molar-refractivity contribution in [1.82, 2.24) is 14.6 Å². The Kier molecular flexibility index (Phi) is 9.70. The molecule has 0 aliphatic carbocycles. The quantitative estimate of drug-likeness (QED) is 0.218. The maximum Gasteiger partial charge on any atom is 0.459 e. The maximum absolute atomic E-state index is 14.4. The molecule has 1 aromatic heterocycles. The smallest absolute Gasteiger partial charge is 0.459 e. The van der Waals surface area contributed by atoms with E-state index in [0.29, 0.717) is 4.57 Å². The molecule has 1 saturated heterocycles. The van der Waals surface area contributed by atoms with E-state index in [-0.39, 0.29) is 16.6 Å².